The number of pyridine rings is 2. The summed E-state index contributed by atoms with van der Waals surface area (Å²) in [7, 11) is 0. The Balaban J connectivity index is 0.000000146. The maximum atomic E-state index is 11.9. The van der Waals surface area contributed by atoms with E-state index in [1.54, 1.807) is 15.4 Å². The van der Waals surface area contributed by atoms with Crippen molar-refractivity contribution in [3.8, 4) is 11.4 Å². The maximum Gasteiger partial charge on any atom is 0.354 e. The second-order valence-corrected chi connectivity index (χ2v) is 22.1. The lowest BCUT2D eigenvalue weighted by Gasteiger charge is -2.34. The number of hydrogen-bond acceptors (Lipinski definition) is 13. The molecule has 5 fully saturated rings. The van der Waals surface area contributed by atoms with Crippen LogP contribution in [0.2, 0.25) is 5.02 Å². The van der Waals surface area contributed by atoms with Gasteiger partial charge < -0.3 is 40.4 Å². The largest absolute Gasteiger partial charge is 0.477 e. The van der Waals surface area contributed by atoms with Crippen LogP contribution in [0.1, 0.15) is 161 Å². The van der Waals surface area contributed by atoms with E-state index in [1.807, 2.05) is 60.7 Å². The van der Waals surface area contributed by atoms with Crippen molar-refractivity contribution >= 4 is 57.1 Å². The molecule has 0 bridgehead atoms. The molecule has 12 rings (SSSR count). The van der Waals surface area contributed by atoms with Crippen LogP contribution in [-0.4, -0.2) is 156 Å². The molecule has 6 aromatic rings. The number of carbonyl (C=O) groups is 2. The topological polar surface area (TPSA) is 211 Å². The van der Waals surface area contributed by atoms with Gasteiger partial charge in [-0.1, -0.05) is 88.0 Å². The molecule has 0 amide bonds. The summed E-state index contributed by atoms with van der Waals surface area (Å²) in [6.45, 7) is 17.9. The van der Waals surface area contributed by atoms with E-state index in [4.69, 9.17) is 26.9 Å². The number of carboxylic acids is 2. The number of aliphatic hydroxyl groups is 2. The number of amidine groups is 1. The monoisotopic (exact) mass is 1100 g/mol. The first kappa shape index (κ1) is 59.1. The van der Waals surface area contributed by atoms with E-state index in [1.165, 1.54) is 102 Å². The zero-order valence-corrected chi connectivity index (χ0v) is 47.5. The number of carboxylic acid groups (broad SMARTS) is 2. The normalized spacial score (nSPS) is 19.4. The summed E-state index contributed by atoms with van der Waals surface area (Å²) in [5.41, 5.74) is 5.61. The van der Waals surface area contributed by atoms with Crippen LogP contribution in [0, 0.1) is 11.8 Å². The average molecular weight is 1100 g/mol. The Morgan fingerprint density at radius 2 is 1.18 bits per heavy atom. The third-order valence-electron chi connectivity index (χ3n) is 16.4. The number of halogens is 1. The van der Waals surface area contributed by atoms with Crippen molar-refractivity contribution in [3.63, 3.8) is 0 Å². The van der Waals surface area contributed by atoms with E-state index in [-0.39, 0.29) is 23.9 Å². The quantitative estimate of drug-likeness (QED) is 0.0772. The summed E-state index contributed by atoms with van der Waals surface area (Å²) in [4.78, 5) is 43.7. The van der Waals surface area contributed by atoms with Crippen molar-refractivity contribution in [2.75, 3.05) is 83.6 Å². The Bertz CT molecular complexity index is 2910. The van der Waals surface area contributed by atoms with Crippen LogP contribution in [0.3, 0.4) is 0 Å². The van der Waals surface area contributed by atoms with Gasteiger partial charge in [0.1, 0.15) is 0 Å². The molecule has 17 nitrogen and oxygen atoms in total. The molecule has 426 valence electrons. The van der Waals surface area contributed by atoms with E-state index in [0.717, 1.165) is 110 Å². The highest BCUT2D eigenvalue weighted by Gasteiger charge is 2.32. The Labute approximate surface area is 471 Å². The van der Waals surface area contributed by atoms with Crippen molar-refractivity contribution in [1.82, 2.24) is 44.6 Å². The smallest absolute Gasteiger partial charge is 0.354 e. The lowest BCUT2D eigenvalue weighted by Crippen LogP contribution is -2.37. The molecule has 4 aliphatic heterocycles. The van der Waals surface area contributed by atoms with Crippen LogP contribution >= 0.6 is 11.6 Å². The van der Waals surface area contributed by atoms with Gasteiger partial charge in [0.25, 0.3) is 0 Å². The minimum atomic E-state index is -1.10. The van der Waals surface area contributed by atoms with Crippen LogP contribution in [0.15, 0.2) is 77.8 Å². The van der Waals surface area contributed by atoms with E-state index >= 15 is 0 Å². The lowest BCUT2D eigenvalue weighted by molar-refractivity contribution is 0.0680. The molecule has 6 aliphatic rings. The summed E-state index contributed by atoms with van der Waals surface area (Å²) < 4.78 is 3.49. The maximum absolute atomic E-state index is 11.9. The minimum absolute atomic E-state index is 0.0286. The molecule has 8 heterocycles. The number of nitrogens with one attached hydrogen (secondary N) is 1. The summed E-state index contributed by atoms with van der Waals surface area (Å²) in [6, 6.07) is 22.5. The van der Waals surface area contributed by atoms with E-state index in [9.17, 15) is 24.9 Å². The average Bonchev–Trinajstić information content (AvgIpc) is 4.11. The Kier molecular flexibility index (Phi) is 22.1. The van der Waals surface area contributed by atoms with Gasteiger partial charge >= 0.3 is 11.9 Å². The second kappa shape index (κ2) is 29.5. The van der Waals surface area contributed by atoms with Crippen LogP contribution in [0.4, 0.5) is 5.69 Å². The number of aliphatic hydroxyl groups excluding tert-OH is 2. The molecular formula is C61H84ClN11O6. The number of aliphatic imine (C=N–C) groups is 1. The van der Waals surface area contributed by atoms with E-state index < -0.39 is 11.9 Å². The molecule has 3 saturated heterocycles. The molecule has 0 spiro atoms. The zero-order valence-electron chi connectivity index (χ0n) is 46.8. The lowest BCUT2D eigenvalue weighted by atomic mass is 9.82. The molecule has 0 radical (unpaired) electrons. The molecule has 79 heavy (non-hydrogen) atoms. The standard InChI is InChI=1S/C23H26N4O3.C17H14ClN3O2.C9H16N2.C6H13NO.C6H15N/c28-14-15-6-5-11-26(13-15)19-12-18(23(29)30)24-22-20(19)21(16-7-4-8-16)25-27(22)17-9-2-1-3-10-17;18-12-9-13(17(22)23)19-16-14(12)15(10-5-4-6-10)20-21(16)11-7-2-1-3-8-11;1-2-5-9-10-6-4-8-11(9)7-3-1;8-5-6-2-1-3-7-4-6;1-4-7(5-2)6-3/h1-3,9-10,12,15-16,28H,4-8,11,13-14H2,(H,29,30);1-3,7-10H,4-6H2,(H,22,23);1-8H2;6-8H,1-5H2;4-6H2,1-3H3/t15-;;;6-;/m1..1./s1. The van der Waals surface area contributed by atoms with Gasteiger partial charge in [0, 0.05) is 70.7 Å². The van der Waals surface area contributed by atoms with Crippen molar-refractivity contribution in [3.05, 3.63) is 101 Å². The number of piperidine rings is 2. The minimum Gasteiger partial charge on any atom is -0.477 e. The van der Waals surface area contributed by atoms with Gasteiger partial charge in [-0.05, 0) is 145 Å². The molecule has 2 saturated carbocycles. The highest BCUT2D eigenvalue weighted by Crippen LogP contribution is 2.44. The van der Waals surface area contributed by atoms with Gasteiger partial charge in [-0.25, -0.2) is 28.9 Å². The Hall–Kier alpha value is -5.98. The van der Waals surface area contributed by atoms with Crippen LogP contribution in [0.25, 0.3) is 33.4 Å². The van der Waals surface area contributed by atoms with Gasteiger partial charge in [0.05, 0.1) is 50.1 Å². The fraction of sp³-hybridized carbons (Fsp3) is 0.557. The van der Waals surface area contributed by atoms with Crippen LogP contribution in [-0.2, 0) is 0 Å². The third-order valence-corrected chi connectivity index (χ3v) is 16.7. The first-order valence-electron chi connectivity index (χ1n) is 29.3. The number of aromatic carboxylic acids is 2. The highest BCUT2D eigenvalue weighted by molar-refractivity contribution is 6.35. The molecule has 2 aliphatic carbocycles. The van der Waals surface area contributed by atoms with E-state index in [2.05, 4.69) is 55.7 Å². The van der Waals surface area contributed by atoms with Gasteiger partial charge in [-0.15, -0.1) is 0 Å². The van der Waals surface area contributed by atoms with E-state index in [0.29, 0.717) is 40.7 Å². The SMILES string of the molecule is C1CCC2=NCCCN2CC1.CCN(CC)CC.O=C(O)c1cc(Cl)c2c(C3CCC3)nn(-c3ccccc3)c2n1.O=C(O)c1cc(N2CCC[C@@H](CO)C2)c2c(C3CCC3)nn(-c3ccccc3)c2n1.OC[C@@H]1CCCNC1. The van der Waals surface area contributed by atoms with Crippen molar-refractivity contribution < 1.29 is 30.0 Å². The summed E-state index contributed by atoms with van der Waals surface area (Å²) in [6.07, 6.45) is 17.8. The number of nitrogens with zero attached hydrogens (tertiary/aromatic N) is 10. The third kappa shape index (κ3) is 15.1. The number of para-hydroxylation sites is 2. The van der Waals surface area contributed by atoms with Crippen molar-refractivity contribution in [1.29, 1.82) is 0 Å². The van der Waals surface area contributed by atoms with Gasteiger partial charge in [-0.2, -0.15) is 10.2 Å². The number of fused-ring (bicyclic) bond motifs is 3. The first-order valence-corrected chi connectivity index (χ1v) is 29.7. The number of aromatic nitrogens is 6. The predicted molar refractivity (Wildman–Crippen MR) is 315 cm³/mol. The molecular weight excluding hydrogens is 1020 g/mol. The van der Waals surface area contributed by atoms with Crippen molar-refractivity contribution in [2.45, 2.75) is 129 Å². The summed E-state index contributed by atoms with van der Waals surface area (Å²) in [5, 5.41) is 52.4. The number of benzene rings is 2. The number of rotatable bonds is 12. The molecule has 0 unspecified atom stereocenters. The van der Waals surface area contributed by atoms with Crippen LogP contribution in [0.5, 0.6) is 0 Å². The van der Waals surface area contributed by atoms with Crippen molar-refractivity contribution in [2.24, 2.45) is 16.8 Å². The summed E-state index contributed by atoms with van der Waals surface area (Å²) >= 11 is 6.38. The van der Waals surface area contributed by atoms with Gasteiger partial charge in [0.2, 0.25) is 0 Å². The predicted octanol–water partition coefficient (Wildman–Crippen LogP) is 10.6. The Morgan fingerprint density at radius 1 is 0.633 bits per heavy atom. The van der Waals surface area contributed by atoms with Gasteiger partial charge in [-0.3, -0.25) is 4.99 Å². The zero-order chi connectivity index (χ0) is 55.7. The summed E-state index contributed by atoms with van der Waals surface area (Å²) in [5.74, 6) is 0.744. The van der Waals surface area contributed by atoms with Gasteiger partial charge in [0.15, 0.2) is 22.7 Å². The fourth-order valence-corrected chi connectivity index (χ4v) is 11.5. The Morgan fingerprint density at radius 3 is 1.68 bits per heavy atom. The molecule has 5 N–H and O–H groups in total. The highest BCUT2D eigenvalue weighted by atomic mass is 35.5. The fourth-order valence-electron chi connectivity index (χ4n) is 11.2. The van der Waals surface area contributed by atoms with Crippen LogP contribution < -0.4 is 10.2 Å². The molecule has 18 heteroatoms. The first-order chi connectivity index (χ1) is 38.5. The number of anilines is 1. The molecule has 4 aromatic heterocycles. The molecule has 2 aromatic carbocycles. The molecule has 2 atom stereocenters. The number of hydrogen-bond donors (Lipinski definition) is 5. The second-order valence-electron chi connectivity index (χ2n) is 21.6.